The molecule has 192 valence electrons. The first-order chi connectivity index (χ1) is 17.9. The number of carbonyl (C=O) groups is 1. The van der Waals surface area contributed by atoms with Crippen LogP contribution in [0.15, 0.2) is 81.0 Å². The van der Waals surface area contributed by atoms with Gasteiger partial charge in [0.05, 0.1) is 24.6 Å². The topological polar surface area (TPSA) is 104 Å². The van der Waals surface area contributed by atoms with Crippen LogP contribution in [0.25, 0.3) is 6.08 Å². The van der Waals surface area contributed by atoms with E-state index < -0.39 is 5.90 Å². The minimum atomic E-state index is -0.431. The standard InChI is InChI=1S/C26H29N7O3S/c1-5-31(6-2)20-14-12-19(13-15-20)16-22-25(35)33(21-10-8-7-9-11-21)26(27-22)37-18-23(34)28-24-17-32(29-36-24)30(3)4/h7-17H,5-6,18H2,1-4H3/b22-16+. The van der Waals surface area contributed by atoms with Gasteiger partial charge in [-0.3, -0.25) is 14.2 Å². The van der Waals surface area contributed by atoms with Gasteiger partial charge in [0.1, 0.15) is 5.70 Å². The Labute approximate surface area is 220 Å². The molecular formula is C26H29N7O3S. The number of hydrogen-bond acceptors (Lipinski definition) is 9. The minimum absolute atomic E-state index is 0.0239. The lowest BCUT2D eigenvalue weighted by Crippen LogP contribution is -2.53. The van der Waals surface area contributed by atoms with Gasteiger partial charge in [-0.2, -0.15) is 5.01 Å². The largest absolute Gasteiger partial charge is 0.861 e. The van der Waals surface area contributed by atoms with Crippen molar-refractivity contribution in [3.05, 3.63) is 72.1 Å². The van der Waals surface area contributed by atoms with E-state index in [1.165, 1.54) is 15.9 Å². The molecule has 4 rings (SSSR count). The van der Waals surface area contributed by atoms with E-state index in [4.69, 9.17) is 4.52 Å². The monoisotopic (exact) mass is 519 g/mol. The summed E-state index contributed by atoms with van der Waals surface area (Å²) in [6, 6.07) is 17.3. The van der Waals surface area contributed by atoms with E-state index in [0.717, 1.165) is 36.1 Å². The molecule has 0 bridgehead atoms. The predicted molar refractivity (Wildman–Crippen MR) is 146 cm³/mol. The molecule has 3 aromatic rings. The molecule has 0 fully saturated rings. The average Bonchev–Trinajstić information content (AvgIpc) is 3.49. The Morgan fingerprint density at radius 3 is 2.46 bits per heavy atom. The molecular weight excluding hydrogens is 490 g/mol. The van der Waals surface area contributed by atoms with Gasteiger partial charge in [-0.1, -0.05) is 42.1 Å². The molecule has 0 aliphatic carbocycles. The van der Waals surface area contributed by atoms with Crippen LogP contribution in [-0.4, -0.2) is 55.2 Å². The molecule has 37 heavy (non-hydrogen) atoms. The molecule has 1 aliphatic heterocycles. The van der Waals surface area contributed by atoms with Gasteiger partial charge in [0, 0.05) is 24.5 Å². The first-order valence-corrected chi connectivity index (χ1v) is 12.9. The number of aliphatic imine (C=N–C) groups is 2. The van der Waals surface area contributed by atoms with Gasteiger partial charge in [0.15, 0.2) is 5.17 Å². The van der Waals surface area contributed by atoms with Gasteiger partial charge in [-0.05, 0) is 55.7 Å². The number of amidine groups is 1. The van der Waals surface area contributed by atoms with Crippen molar-refractivity contribution in [1.82, 2.24) is 5.27 Å². The third-order valence-corrected chi connectivity index (χ3v) is 6.51. The summed E-state index contributed by atoms with van der Waals surface area (Å²) in [5.41, 5.74) is 2.97. The summed E-state index contributed by atoms with van der Waals surface area (Å²) < 4.78 is 5.06. The number of thioether (sulfide) groups is 1. The van der Waals surface area contributed by atoms with E-state index in [9.17, 15) is 9.90 Å². The number of carbonyl (C=O) groups excluding carboxylic acids is 1. The van der Waals surface area contributed by atoms with Crippen molar-refractivity contribution < 1.29 is 19.2 Å². The van der Waals surface area contributed by atoms with E-state index >= 15 is 0 Å². The summed E-state index contributed by atoms with van der Waals surface area (Å²) in [6.45, 7) is 6.07. The number of benzene rings is 2. The van der Waals surface area contributed by atoms with E-state index in [2.05, 4.69) is 34.0 Å². The van der Waals surface area contributed by atoms with Crippen LogP contribution in [0.3, 0.4) is 0 Å². The van der Waals surface area contributed by atoms with Gasteiger partial charge in [-0.25, -0.2) is 9.98 Å². The Kier molecular flexibility index (Phi) is 8.24. The highest BCUT2D eigenvalue weighted by molar-refractivity contribution is 8.14. The first-order valence-electron chi connectivity index (χ1n) is 11.9. The third-order valence-electron chi connectivity index (χ3n) is 5.58. The number of anilines is 2. The second-order valence-electron chi connectivity index (χ2n) is 8.27. The molecule has 0 N–H and O–H groups in total. The van der Waals surface area contributed by atoms with E-state index in [-0.39, 0.29) is 17.5 Å². The van der Waals surface area contributed by atoms with Crippen molar-refractivity contribution in [3.8, 4) is 0 Å². The van der Waals surface area contributed by atoms with Gasteiger partial charge in [0.2, 0.25) is 5.27 Å². The zero-order chi connectivity index (χ0) is 26.4. The normalized spacial score (nSPS) is 14.9. The molecule has 0 unspecified atom stereocenters. The fourth-order valence-electron chi connectivity index (χ4n) is 3.67. The molecule has 2 heterocycles. The molecule has 1 aromatic heterocycles. The van der Waals surface area contributed by atoms with Crippen molar-refractivity contribution in [2.45, 2.75) is 13.8 Å². The fourth-order valence-corrected chi connectivity index (χ4v) is 4.47. The number of rotatable bonds is 9. The van der Waals surface area contributed by atoms with Crippen LogP contribution in [-0.2, 0) is 4.79 Å². The molecule has 0 radical (unpaired) electrons. The molecule has 0 atom stereocenters. The maximum Gasteiger partial charge on any atom is 0.324 e. The van der Waals surface area contributed by atoms with E-state index in [1.54, 1.807) is 25.2 Å². The van der Waals surface area contributed by atoms with E-state index in [1.807, 2.05) is 54.6 Å². The Bertz CT molecular complexity index is 1310. The van der Waals surface area contributed by atoms with Crippen LogP contribution in [0.4, 0.5) is 17.3 Å². The van der Waals surface area contributed by atoms with E-state index in [0.29, 0.717) is 16.6 Å². The highest BCUT2D eigenvalue weighted by Crippen LogP contribution is 2.29. The number of hydrogen-bond donors (Lipinski definition) is 0. The Morgan fingerprint density at radius 1 is 1.14 bits per heavy atom. The third kappa shape index (κ3) is 6.18. The lowest BCUT2D eigenvalue weighted by molar-refractivity contribution is -0.753. The zero-order valence-corrected chi connectivity index (χ0v) is 22.1. The van der Waals surface area contributed by atoms with Crippen molar-refractivity contribution in [2.24, 2.45) is 9.98 Å². The second-order valence-corrected chi connectivity index (χ2v) is 9.21. The first kappa shape index (κ1) is 26.0. The zero-order valence-electron chi connectivity index (χ0n) is 21.2. The number of nitrogens with zero attached hydrogens (tertiary/aromatic N) is 7. The second kappa shape index (κ2) is 11.7. The van der Waals surface area contributed by atoms with Crippen LogP contribution in [0.2, 0.25) is 0 Å². The number of para-hydroxylation sites is 1. The van der Waals surface area contributed by atoms with Crippen molar-refractivity contribution in [2.75, 3.05) is 47.7 Å². The van der Waals surface area contributed by atoms with Crippen molar-refractivity contribution >= 4 is 52.1 Å². The highest BCUT2D eigenvalue weighted by Gasteiger charge is 2.31. The highest BCUT2D eigenvalue weighted by atomic mass is 32.2. The maximum absolute atomic E-state index is 13.4. The molecule has 0 saturated carbocycles. The smallest absolute Gasteiger partial charge is 0.324 e. The number of amides is 1. The molecule has 0 saturated heterocycles. The molecule has 11 heteroatoms. The molecule has 1 aliphatic rings. The molecule has 2 aromatic carbocycles. The summed E-state index contributed by atoms with van der Waals surface area (Å²) in [5, 5.41) is 18.4. The quantitative estimate of drug-likeness (QED) is 0.185. The summed E-state index contributed by atoms with van der Waals surface area (Å²) in [7, 11) is 3.56. The van der Waals surface area contributed by atoms with Crippen LogP contribution in [0.5, 0.6) is 0 Å². The Hall–Kier alpha value is -4.12. The average molecular weight is 520 g/mol. The summed E-state index contributed by atoms with van der Waals surface area (Å²) in [6.07, 6.45) is 3.26. The summed E-state index contributed by atoms with van der Waals surface area (Å²) in [5.74, 6) is -0.616. The van der Waals surface area contributed by atoms with Crippen LogP contribution in [0, 0.1) is 0 Å². The predicted octanol–water partition coefficient (Wildman–Crippen LogP) is 2.57. The van der Waals surface area contributed by atoms with Gasteiger partial charge in [0.25, 0.3) is 12.1 Å². The number of aromatic nitrogens is 2. The van der Waals surface area contributed by atoms with Gasteiger partial charge in [-0.15, -0.1) is 0 Å². The summed E-state index contributed by atoms with van der Waals surface area (Å²) in [4.78, 5) is 27.1. The van der Waals surface area contributed by atoms with Crippen LogP contribution in [0.1, 0.15) is 19.4 Å². The molecule has 10 nitrogen and oxygen atoms in total. The fraction of sp³-hybridized carbons (Fsp3) is 0.269. The van der Waals surface area contributed by atoms with Crippen LogP contribution >= 0.6 is 11.8 Å². The molecule has 1 amide bonds. The summed E-state index contributed by atoms with van der Waals surface area (Å²) >= 11 is 1.14. The Balaban J connectivity index is 1.56. The lowest BCUT2D eigenvalue weighted by Gasteiger charge is -2.20. The van der Waals surface area contributed by atoms with Gasteiger partial charge < -0.3 is 10.0 Å². The lowest BCUT2D eigenvalue weighted by atomic mass is 10.1. The van der Waals surface area contributed by atoms with Gasteiger partial charge >= 0.3 is 5.88 Å². The SMILES string of the molecule is CCN(CC)c1ccc(/C=C2/N=C(SC/C([O-])=N\c3c[n+](N(C)C)no3)N(c3ccccc3)C2=O)cc1. The van der Waals surface area contributed by atoms with Crippen molar-refractivity contribution in [1.29, 1.82) is 0 Å². The minimum Gasteiger partial charge on any atom is -0.861 e. The maximum atomic E-state index is 13.4. The Morgan fingerprint density at radius 2 is 1.84 bits per heavy atom. The molecule has 0 spiro atoms. The van der Waals surface area contributed by atoms with Crippen LogP contribution < -0.4 is 24.7 Å². The van der Waals surface area contributed by atoms with Crippen molar-refractivity contribution in [3.63, 3.8) is 0 Å².